The zero-order valence-corrected chi connectivity index (χ0v) is 10.0. The Labute approximate surface area is 100 Å². The number of nitrogens with one attached hydrogen (secondary N) is 2. The van der Waals surface area contributed by atoms with Gasteiger partial charge < -0.3 is 20.1 Å². The van der Waals surface area contributed by atoms with Gasteiger partial charge in [0.25, 0.3) is 0 Å². The van der Waals surface area contributed by atoms with E-state index in [1.165, 1.54) is 0 Å². The average molecular weight is 245 g/mol. The molecule has 7 nitrogen and oxygen atoms in total. The first-order valence-electron chi connectivity index (χ1n) is 5.69. The number of carbonyl (C=O) groups is 2. The number of nitrogens with zero attached hydrogens (tertiary/aromatic N) is 1. The third-order valence-electron chi connectivity index (χ3n) is 2.32. The van der Waals surface area contributed by atoms with Gasteiger partial charge in [0.15, 0.2) is 6.73 Å². The van der Waals surface area contributed by atoms with Gasteiger partial charge in [0, 0.05) is 19.5 Å². The largest absolute Gasteiger partial charge is 0.444 e. The SMILES string of the molecule is CCC(=O)OCNC(=O)NCN1CCOCC1. The third-order valence-corrected chi connectivity index (χ3v) is 2.32. The average Bonchev–Trinajstić information content (AvgIpc) is 2.37. The normalized spacial score (nSPS) is 16.3. The summed E-state index contributed by atoms with van der Waals surface area (Å²) in [6.07, 6.45) is 0.303. The van der Waals surface area contributed by atoms with Gasteiger partial charge in [-0.1, -0.05) is 6.92 Å². The van der Waals surface area contributed by atoms with Crippen LogP contribution in [-0.2, 0) is 14.3 Å². The maximum atomic E-state index is 11.3. The number of morpholine rings is 1. The monoisotopic (exact) mass is 245 g/mol. The Kier molecular flexibility index (Phi) is 6.34. The number of ether oxygens (including phenoxy) is 2. The smallest absolute Gasteiger partial charge is 0.318 e. The molecular formula is C10H19N3O4. The molecule has 0 saturated carbocycles. The minimum atomic E-state index is -0.347. The molecule has 0 aromatic heterocycles. The lowest BCUT2D eigenvalue weighted by atomic mass is 10.4. The number of carbonyl (C=O) groups excluding carboxylic acids is 2. The van der Waals surface area contributed by atoms with Crippen molar-refractivity contribution in [1.29, 1.82) is 0 Å². The van der Waals surface area contributed by atoms with Crippen LogP contribution >= 0.6 is 0 Å². The summed E-state index contributed by atoms with van der Waals surface area (Å²) in [5, 5.41) is 5.11. The number of hydrogen-bond donors (Lipinski definition) is 2. The molecule has 1 fully saturated rings. The molecule has 17 heavy (non-hydrogen) atoms. The fourth-order valence-electron chi connectivity index (χ4n) is 1.29. The molecule has 0 bridgehead atoms. The van der Waals surface area contributed by atoms with Crippen LogP contribution in [0.2, 0.25) is 0 Å². The molecule has 2 amide bonds. The van der Waals surface area contributed by atoms with Gasteiger partial charge >= 0.3 is 12.0 Å². The second kappa shape index (κ2) is 7.86. The van der Waals surface area contributed by atoms with E-state index in [2.05, 4.69) is 15.5 Å². The molecule has 1 aliphatic rings. The van der Waals surface area contributed by atoms with Gasteiger partial charge in [-0.3, -0.25) is 9.69 Å². The van der Waals surface area contributed by atoms with Crippen LogP contribution in [0.25, 0.3) is 0 Å². The van der Waals surface area contributed by atoms with Crippen molar-refractivity contribution >= 4 is 12.0 Å². The van der Waals surface area contributed by atoms with E-state index < -0.39 is 0 Å². The van der Waals surface area contributed by atoms with Crippen molar-refractivity contribution in [2.45, 2.75) is 13.3 Å². The summed E-state index contributed by atoms with van der Waals surface area (Å²) in [6, 6.07) is -0.347. The second-order valence-corrected chi connectivity index (χ2v) is 3.59. The molecule has 0 atom stereocenters. The topological polar surface area (TPSA) is 79.9 Å². The molecule has 2 N–H and O–H groups in total. The third kappa shape index (κ3) is 6.08. The summed E-state index contributed by atoms with van der Waals surface area (Å²) >= 11 is 0. The first kappa shape index (κ1) is 13.7. The molecule has 1 heterocycles. The van der Waals surface area contributed by atoms with Crippen molar-refractivity contribution in [2.24, 2.45) is 0 Å². The summed E-state index contributed by atoms with van der Waals surface area (Å²) in [6.45, 7) is 5.07. The highest BCUT2D eigenvalue weighted by atomic mass is 16.5. The highest BCUT2D eigenvalue weighted by Crippen LogP contribution is 1.93. The zero-order valence-electron chi connectivity index (χ0n) is 10.0. The Morgan fingerprint density at radius 2 is 2.00 bits per heavy atom. The van der Waals surface area contributed by atoms with Gasteiger partial charge in [-0.05, 0) is 0 Å². The molecule has 0 spiro atoms. The Bertz CT molecular complexity index is 254. The summed E-state index contributed by atoms with van der Waals surface area (Å²) in [4.78, 5) is 24.1. The Hall–Kier alpha value is -1.34. The van der Waals surface area contributed by atoms with Crippen LogP contribution in [0.3, 0.4) is 0 Å². The minimum Gasteiger partial charge on any atom is -0.444 e. The number of amides is 2. The quantitative estimate of drug-likeness (QED) is 0.503. The van der Waals surface area contributed by atoms with Crippen molar-refractivity contribution < 1.29 is 19.1 Å². The van der Waals surface area contributed by atoms with Gasteiger partial charge in [-0.25, -0.2) is 4.79 Å². The van der Waals surface area contributed by atoms with Gasteiger partial charge in [-0.2, -0.15) is 0 Å². The Morgan fingerprint density at radius 1 is 1.29 bits per heavy atom. The van der Waals surface area contributed by atoms with Crippen LogP contribution < -0.4 is 10.6 Å². The van der Waals surface area contributed by atoms with Crippen molar-refractivity contribution in [1.82, 2.24) is 15.5 Å². The van der Waals surface area contributed by atoms with E-state index in [-0.39, 0.29) is 18.7 Å². The van der Waals surface area contributed by atoms with E-state index in [1.54, 1.807) is 6.92 Å². The van der Waals surface area contributed by atoms with Crippen molar-refractivity contribution in [2.75, 3.05) is 39.7 Å². The lowest BCUT2D eigenvalue weighted by Crippen LogP contribution is -2.47. The molecule has 1 rings (SSSR count). The summed E-state index contributed by atoms with van der Waals surface area (Å²) in [5.41, 5.74) is 0. The zero-order chi connectivity index (χ0) is 12.5. The molecule has 0 aromatic carbocycles. The van der Waals surface area contributed by atoms with Crippen LogP contribution in [-0.4, -0.2) is 56.6 Å². The summed E-state index contributed by atoms with van der Waals surface area (Å²) in [7, 11) is 0. The van der Waals surface area contributed by atoms with Gasteiger partial charge in [0.1, 0.15) is 0 Å². The molecule has 0 aliphatic carbocycles. The van der Waals surface area contributed by atoms with Crippen LogP contribution in [0.5, 0.6) is 0 Å². The van der Waals surface area contributed by atoms with Gasteiger partial charge in [-0.15, -0.1) is 0 Å². The minimum absolute atomic E-state index is 0.0956. The molecule has 0 unspecified atom stereocenters. The number of urea groups is 1. The van der Waals surface area contributed by atoms with Crippen LogP contribution in [0.1, 0.15) is 13.3 Å². The van der Waals surface area contributed by atoms with Crippen molar-refractivity contribution in [3.8, 4) is 0 Å². The molecule has 98 valence electrons. The van der Waals surface area contributed by atoms with Crippen LogP contribution in [0, 0.1) is 0 Å². The molecular weight excluding hydrogens is 226 g/mol. The lowest BCUT2D eigenvalue weighted by molar-refractivity contribution is -0.143. The molecule has 1 saturated heterocycles. The van der Waals surface area contributed by atoms with E-state index in [1.807, 2.05) is 0 Å². The number of esters is 1. The van der Waals surface area contributed by atoms with Gasteiger partial charge in [0.05, 0.1) is 19.9 Å². The Balaban J connectivity index is 2.02. The standard InChI is InChI=1S/C10H19N3O4/c1-2-9(14)17-8-12-10(15)11-7-13-3-5-16-6-4-13/h2-8H2,1H3,(H2,11,12,15). The van der Waals surface area contributed by atoms with Crippen LogP contribution in [0.4, 0.5) is 4.79 Å². The Morgan fingerprint density at radius 3 is 2.65 bits per heavy atom. The van der Waals surface area contributed by atoms with E-state index in [4.69, 9.17) is 9.47 Å². The molecule has 1 aliphatic heterocycles. The highest BCUT2D eigenvalue weighted by molar-refractivity contribution is 5.74. The number of rotatable bonds is 5. The van der Waals surface area contributed by atoms with E-state index in [9.17, 15) is 9.59 Å². The van der Waals surface area contributed by atoms with Crippen molar-refractivity contribution in [3.05, 3.63) is 0 Å². The van der Waals surface area contributed by atoms with Gasteiger partial charge in [0.2, 0.25) is 0 Å². The fourth-order valence-corrected chi connectivity index (χ4v) is 1.29. The first-order chi connectivity index (χ1) is 8.22. The second-order valence-electron chi connectivity index (χ2n) is 3.59. The summed E-state index contributed by atoms with van der Waals surface area (Å²) < 4.78 is 9.89. The molecule has 0 aromatic rings. The maximum absolute atomic E-state index is 11.3. The number of hydrogen-bond acceptors (Lipinski definition) is 5. The van der Waals surface area contributed by atoms with E-state index in [0.29, 0.717) is 26.3 Å². The molecule has 7 heteroatoms. The van der Waals surface area contributed by atoms with Crippen LogP contribution in [0.15, 0.2) is 0 Å². The maximum Gasteiger partial charge on any atom is 0.318 e. The summed E-state index contributed by atoms with van der Waals surface area (Å²) in [5.74, 6) is -0.335. The van der Waals surface area contributed by atoms with E-state index in [0.717, 1.165) is 13.1 Å². The first-order valence-corrected chi connectivity index (χ1v) is 5.69. The molecule has 0 radical (unpaired) electrons. The predicted octanol–water partition coefficient (Wildman–Crippen LogP) is -0.514. The highest BCUT2D eigenvalue weighted by Gasteiger charge is 2.10. The fraction of sp³-hybridized carbons (Fsp3) is 0.800. The lowest BCUT2D eigenvalue weighted by Gasteiger charge is -2.26. The van der Waals surface area contributed by atoms with E-state index >= 15 is 0 Å². The van der Waals surface area contributed by atoms with Crippen molar-refractivity contribution in [3.63, 3.8) is 0 Å². The predicted molar refractivity (Wildman–Crippen MR) is 60.2 cm³/mol.